The van der Waals surface area contributed by atoms with Crippen LogP contribution >= 0.6 is 0 Å². The summed E-state index contributed by atoms with van der Waals surface area (Å²) in [7, 11) is 0. The molecule has 0 aliphatic carbocycles. The highest BCUT2D eigenvalue weighted by Crippen LogP contribution is 2.15. The lowest BCUT2D eigenvalue weighted by Gasteiger charge is -2.03. The van der Waals surface area contributed by atoms with Gasteiger partial charge >= 0.3 is 6.23 Å². The second kappa shape index (κ2) is 3.80. The molecule has 1 aromatic rings. The maximum atomic E-state index is 10.3. The second-order valence-corrected chi connectivity index (χ2v) is 2.15. The summed E-state index contributed by atoms with van der Waals surface area (Å²) in [5.74, 6) is 8.21. The highest BCUT2D eigenvalue weighted by Gasteiger charge is 2.22. The number of hydrogen-bond acceptors (Lipinski definition) is 3. The van der Waals surface area contributed by atoms with E-state index < -0.39 is 11.2 Å². The van der Waals surface area contributed by atoms with Gasteiger partial charge in [0.25, 0.3) is 0 Å². The van der Waals surface area contributed by atoms with Crippen molar-refractivity contribution in [2.45, 2.75) is 6.23 Å². The van der Waals surface area contributed by atoms with E-state index in [4.69, 9.17) is 5.90 Å². The van der Waals surface area contributed by atoms with Gasteiger partial charge in [0.05, 0.1) is 10.5 Å². The Kier molecular flexibility index (Phi) is 2.73. The van der Waals surface area contributed by atoms with E-state index in [-0.39, 0.29) is 0 Å². The molecule has 1 rings (SSSR count). The van der Waals surface area contributed by atoms with E-state index >= 15 is 0 Å². The molecule has 12 heavy (non-hydrogen) atoms. The Morgan fingerprint density at radius 1 is 1.42 bits per heavy atom. The normalized spacial score (nSPS) is 12.4. The molecule has 0 spiro atoms. The predicted molar refractivity (Wildman–Crippen MR) is 39.4 cm³/mol. The first kappa shape index (κ1) is 8.63. The third-order valence-electron chi connectivity index (χ3n) is 1.38. The van der Waals surface area contributed by atoms with Crippen LogP contribution in [-0.4, -0.2) is 4.92 Å². The van der Waals surface area contributed by atoms with Crippen molar-refractivity contribution in [3.8, 4) is 0 Å². The molecule has 62 valence electrons. The van der Waals surface area contributed by atoms with E-state index in [1.165, 1.54) is 12.1 Å². The van der Waals surface area contributed by atoms with Crippen molar-refractivity contribution in [3.63, 3.8) is 0 Å². The fraction of sp³-hybridized carbons (Fsp3) is 0.143. The van der Waals surface area contributed by atoms with Gasteiger partial charge in [-0.15, -0.1) is 0 Å². The molecule has 0 saturated carbocycles. The maximum absolute atomic E-state index is 10.3. The fourth-order valence-electron chi connectivity index (χ4n) is 0.839. The Hall–Kier alpha value is -1.46. The quantitative estimate of drug-likeness (QED) is 0.381. The minimum Gasteiger partial charge on any atom is -0.261 e. The molecular weight excluding hydrogens is 160 g/mol. The van der Waals surface area contributed by atoms with E-state index in [1.807, 2.05) is 0 Å². The lowest BCUT2D eigenvalue weighted by Crippen LogP contribution is -2.13. The zero-order chi connectivity index (χ0) is 8.97. The summed E-state index contributed by atoms with van der Waals surface area (Å²) in [5, 5.41) is 10.3. The molecule has 0 heterocycles. The van der Waals surface area contributed by atoms with Gasteiger partial charge in [-0.05, 0) is 12.1 Å². The Balaban J connectivity index is 2.88. The molecule has 0 amide bonds. The summed E-state index contributed by atoms with van der Waals surface area (Å²) in [5.41, 5.74) is 0.310. The molecule has 2 radical (unpaired) electrons. The highest BCUT2D eigenvalue weighted by molar-refractivity contribution is 5.15. The first-order chi connectivity index (χ1) is 5.75. The van der Waals surface area contributed by atoms with Crippen molar-refractivity contribution in [2.75, 3.05) is 0 Å². The smallest absolute Gasteiger partial charge is 0.261 e. The van der Waals surface area contributed by atoms with Gasteiger partial charge < -0.3 is 0 Å². The highest BCUT2D eigenvalue weighted by atomic mass is 16.7. The van der Waals surface area contributed by atoms with E-state index in [0.29, 0.717) is 5.56 Å². The zero-order valence-electron chi connectivity index (χ0n) is 6.08. The second-order valence-electron chi connectivity index (χ2n) is 2.15. The van der Waals surface area contributed by atoms with Crippen LogP contribution in [0.4, 0.5) is 0 Å². The van der Waals surface area contributed by atoms with Crippen molar-refractivity contribution >= 4 is 0 Å². The number of nitrogens with zero attached hydrogens (tertiary/aromatic N) is 2. The summed E-state index contributed by atoms with van der Waals surface area (Å²) >= 11 is 0. The lowest BCUT2D eigenvalue weighted by molar-refractivity contribution is -0.587. The summed E-state index contributed by atoms with van der Waals surface area (Å²) < 4.78 is 0. The predicted octanol–water partition coefficient (Wildman–Crippen LogP) is 0.962. The van der Waals surface area contributed by atoms with Gasteiger partial charge in [-0.3, -0.25) is 10.1 Å². The van der Waals surface area contributed by atoms with Gasteiger partial charge in [-0.2, -0.15) is 4.84 Å². The number of rotatable bonds is 3. The number of nitro groups is 1. The van der Waals surface area contributed by atoms with Crippen molar-refractivity contribution < 1.29 is 9.76 Å². The molecule has 1 aromatic carbocycles. The van der Waals surface area contributed by atoms with E-state index in [1.54, 1.807) is 18.2 Å². The Labute approximate surface area is 68.9 Å². The molecule has 0 N–H and O–H groups in total. The summed E-state index contributed by atoms with van der Waals surface area (Å²) in [4.78, 5) is 13.2. The van der Waals surface area contributed by atoms with Crippen LogP contribution < -0.4 is 5.90 Å². The van der Waals surface area contributed by atoms with Gasteiger partial charge in [0.15, 0.2) is 0 Å². The van der Waals surface area contributed by atoms with Crippen LogP contribution in [0.5, 0.6) is 0 Å². The third kappa shape index (κ3) is 1.77. The molecule has 0 aliphatic heterocycles. The van der Waals surface area contributed by atoms with Crippen LogP contribution in [-0.2, 0) is 4.84 Å². The Morgan fingerprint density at radius 3 is 2.42 bits per heavy atom. The molecule has 0 saturated heterocycles. The van der Waals surface area contributed by atoms with Crippen LogP contribution in [0.1, 0.15) is 11.8 Å². The average molecular weight is 166 g/mol. The number of benzene rings is 1. The Morgan fingerprint density at radius 2 is 2.00 bits per heavy atom. The molecule has 1 atom stereocenters. The van der Waals surface area contributed by atoms with Crippen molar-refractivity contribution in [1.29, 1.82) is 0 Å². The minimum absolute atomic E-state index is 0.310. The maximum Gasteiger partial charge on any atom is 0.360 e. The minimum atomic E-state index is -1.49. The van der Waals surface area contributed by atoms with Crippen molar-refractivity contribution in [3.05, 3.63) is 46.0 Å². The van der Waals surface area contributed by atoms with E-state index in [0.717, 1.165) is 0 Å². The molecule has 5 nitrogen and oxygen atoms in total. The topological polar surface area (TPSA) is 74.7 Å². The van der Waals surface area contributed by atoms with Gasteiger partial charge in [0, 0.05) is 5.90 Å². The average Bonchev–Trinajstić information content (AvgIpc) is 2.07. The van der Waals surface area contributed by atoms with Gasteiger partial charge in [0.1, 0.15) is 0 Å². The van der Waals surface area contributed by atoms with Gasteiger partial charge in [-0.25, -0.2) is 0 Å². The SMILES string of the molecule is [N]OC(c1ccccc1)[N+](=O)[O-]. The van der Waals surface area contributed by atoms with Crippen LogP contribution in [0.25, 0.3) is 0 Å². The summed E-state index contributed by atoms with van der Waals surface area (Å²) in [6.45, 7) is 0. The lowest BCUT2D eigenvalue weighted by atomic mass is 10.2. The summed E-state index contributed by atoms with van der Waals surface area (Å²) in [6.07, 6.45) is -1.49. The standard InChI is InChI=1S/C7H6N2O3/c8-12-7(9(10)11)6-4-2-1-3-5-6/h1-5,7H. The molecule has 5 heteroatoms. The summed E-state index contributed by atoms with van der Waals surface area (Å²) in [6, 6.07) is 7.99. The molecule has 0 aromatic heterocycles. The molecule has 0 fully saturated rings. The van der Waals surface area contributed by atoms with Crippen LogP contribution in [0, 0.1) is 10.1 Å². The van der Waals surface area contributed by atoms with Crippen LogP contribution in [0.2, 0.25) is 0 Å². The van der Waals surface area contributed by atoms with E-state index in [9.17, 15) is 10.1 Å². The van der Waals surface area contributed by atoms with Crippen molar-refractivity contribution in [2.24, 2.45) is 0 Å². The third-order valence-corrected chi connectivity index (χ3v) is 1.38. The first-order valence-corrected chi connectivity index (χ1v) is 3.24. The molecule has 1 unspecified atom stereocenters. The first-order valence-electron chi connectivity index (χ1n) is 3.24. The molecule has 0 bridgehead atoms. The molecule has 0 aliphatic rings. The van der Waals surface area contributed by atoms with Gasteiger partial charge in [0.2, 0.25) is 0 Å². The largest absolute Gasteiger partial charge is 0.360 e. The van der Waals surface area contributed by atoms with Crippen LogP contribution in [0.15, 0.2) is 30.3 Å². The zero-order valence-corrected chi connectivity index (χ0v) is 6.08. The van der Waals surface area contributed by atoms with Crippen molar-refractivity contribution in [1.82, 2.24) is 5.90 Å². The molecular formula is C7H6N2O3. The fourth-order valence-corrected chi connectivity index (χ4v) is 0.839. The number of hydrogen-bond donors (Lipinski definition) is 0. The Bertz CT molecular complexity index is 263. The van der Waals surface area contributed by atoms with Gasteiger partial charge in [-0.1, -0.05) is 18.2 Å². The van der Waals surface area contributed by atoms with Crippen LogP contribution in [0.3, 0.4) is 0 Å². The van der Waals surface area contributed by atoms with E-state index in [2.05, 4.69) is 4.84 Å². The monoisotopic (exact) mass is 166 g/mol.